The van der Waals surface area contributed by atoms with Crippen molar-refractivity contribution in [2.45, 2.75) is 103 Å². The summed E-state index contributed by atoms with van der Waals surface area (Å²) < 4.78 is 9.85. The van der Waals surface area contributed by atoms with Gasteiger partial charge >= 0.3 is 6.09 Å². The lowest BCUT2D eigenvalue weighted by Crippen LogP contribution is -2.54. The smallest absolute Gasteiger partial charge is 0.407 e. The Bertz CT molecular complexity index is 2440. The molecule has 14 nitrogen and oxygen atoms in total. The van der Waals surface area contributed by atoms with Crippen molar-refractivity contribution >= 4 is 28.9 Å². The molecule has 14 heteroatoms. The van der Waals surface area contributed by atoms with Crippen molar-refractivity contribution in [2.24, 2.45) is 23.2 Å². The largest absolute Gasteiger partial charge is 0.453 e. The minimum absolute atomic E-state index is 0.0425. The lowest BCUT2D eigenvalue weighted by atomic mass is 9.95. The molecule has 2 aliphatic carbocycles. The van der Waals surface area contributed by atoms with Gasteiger partial charge in [0.1, 0.15) is 17.7 Å². The zero-order valence-electron chi connectivity index (χ0n) is 36.4. The topological polar surface area (TPSA) is 178 Å². The molecular formula is C48H58N8O6. The standard InChI is InChI=1S/C48H58N8O6/c1-26(2)39(53-46(59)61-5)44(57)55-25-48(19-20-48)23-38(55)42-49-24-37(52-42)31-13-11-29(12-14-31)28-7-9-30(10-8-28)32-16-18-35-36(22-32)51-43(50-35)41-33-15-17-34(21-33)56(41)45(58)40(27(3)4)54-47(60)62-6/h7-14,16,18,22,24,26-27,33-34,38-41,46,53,59H,15,17,19-21,23,25H2,1-6H3,(H,49,52)(H,50,51)(H,54,60)/t33-,34+,38-,39-,40-,41-,46?/m0/s1. The molecule has 2 aliphatic heterocycles. The maximum atomic E-state index is 14.0. The number of H-pyrrole nitrogens is 2. The van der Waals surface area contributed by atoms with Crippen LogP contribution in [-0.4, -0.2) is 98.1 Å². The van der Waals surface area contributed by atoms with Gasteiger partial charge in [0.05, 0.1) is 48.2 Å². The Morgan fingerprint density at radius 1 is 0.823 bits per heavy atom. The van der Waals surface area contributed by atoms with Crippen molar-refractivity contribution in [1.82, 2.24) is 40.4 Å². The van der Waals surface area contributed by atoms with Gasteiger partial charge in [-0.15, -0.1) is 0 Å². The fourth-order valence-electron chi connectivity index (χ4n) is 10.2. The van der Waals surface area contributed by atoms with Crippen LogP contribution in [0, 0.1) is 23.2 Å². The number of aromatic amines is 2. The Kier molecular flexibility index (Phi) is 11.2. The third-order valence-electron chi connectivity index (χ3n) is 13.9. The molecule has 3 aromatic carbocycles. The monoisotopic (exact) mass is 842 g/mol. The number of benzene rings is 3. The Hall–Kier alpha value is -5.57. The first kappa shape index (κ1) is 41.8. The molecule has 7 atom stereocenters. The summed E-state index contributed by atoms with van der Waals surface area (Å²) in [7, 11) is 2.72. The summed E-state index contributed by atoms with van der Waals surface area (Å²) in [5, 5.41) is 15.9. The van der Waals surface area contributed by atoms with Gasteiger partial charge in [0.2, 0.25) is 18.2 Å². The highest BCUT2D eigenvalue weighted by Crippen LogP contribution is 2.58. The van der Waals surface area contributed by atoms with Gasteiger partial charge in [-0.2, -0.15) is 0 Å². The Morgan fingerprint density at radius 2 is 1.47 bits per heavy atom. The second-order valence-electron chi connectivity index (χ2n) is 18.6. The van der Waals surface area contributed by atoms with Crippen molar-refractivity contribution in [3.05, 3.63) is 84.6 Å². The SMILES string of the molecule is COC(=O)N[C@H](C(=O)N1[C@@H]2CC[C@@H](C2)[C@H]1c1nc2ccc(-c3ccc(-c4ccc(-c5cnc([C@@H]6CC7(CC7)CN6C(=O)[C@@H](NC(O)OC)C(C)C)[nH]5)cc4)cc3)cc2[nH]1)C(C)C. The number of aromatic nitrogens is 4. The second-order valence-corrected chi connectivity index (χ2v) is 18.6. The van der Waals surface area contributed by atoms with E-state index in [9.17, 15) is 19.5 Å². The molecule has 5 aromatic rings. The van der Waals surface area contributed by atoms with Crippen LogP contribution >= 0.6 is 0 Å². The normalized spacial score (nSPS) is 22.8. The summed E-state index contributed by atoms with van der Waals surface area (Å²) in [5.41, 5.74) is 8.15. The van der Waals surface area contributed by atoms with Gasteiger partial charge in [0.25, 0.3) is 0 Å². The minimum atomic E-state index is -1.22. The predicted molar refractivity (Wildman–Crippen MR) is 235 cm³/mol. The quantitative estimate of drug-likeness (QED) is 0.0761. The molecular weight excluding hydrogens is 785 g/mol. The number of hydrogen-bond donors (Lipinski definition) is 5. The number of likely N-dealkylation sites (tertiary alicyclic amines) is 2. The zero-order valence-corrected chi connectivity index (χ0v) is 36.4. The van der Waals surface area contributed by atoms with Gasteiger partial charge in [-0.05, 0) is 102 Å². The lowest BCUT2D eigenvalue weighted by molar-refractivity contribution is -0.145. The van der Waals surface area contributed by atoms with Gasteiger partial charge in [0, 0.05) is 19.7 Å². The third-order valence-corrected chi connectivity index (χ3v) is 13.9. The zero-order chi connectivity index (χ0) is 43.4. The average Bonchev–Trinajstić information content (AvgIpc) is 3.88. The molecule has 2 saturated carbocycles. The van der Waals surface area contributed by atoms with Crippen molar-refractivity contribution in [3.8, 4) is 33.5 Å². The molecule has 0 radical (unpaired) electrons. The number of hydrogen-bond acceptors (Lipinski definition) is 9. The molecule has 1 unspecified atom stereocenters. The molecule has 4 aliphatic rings. The minimum Gasteiger partial charge on any atom is -0.453 e. The Labute approximate surface area is 362 Å². The van der Waals surface area contributed by atoms with E-state index in [0.29, 0.717) is 12.5 Å². The summed E-state index contributed by atoms with van der Waals surface area (Å²) in [6, 6.07) is 21.7. The molecule has 2 bridgehead atoms. The van der Waals surface area contributed by atoms with Crippen molar-refractivity contribution < 1.29 is 29.0 Å². The van der Waals surface area contributed by atoms with Crippen LogP contribution < -0.4 is 10.6 Å². The van der Waals surface area contributed by atoms with E-state index >= 15 is 0 Å². The molecule has 1 spiro atoms. The van der Waals surface area contributed by atoms with Crippen LogP contribution in [0.3, 0.4) is 0 Å². The number of aliphatic hydroxyl groups excluding tert-OH is 1. The number of fused-ring (bicyclic) bond motifs is 3. The predicted octanol–water partition coefficient (Wildman–Crippen LogP) is 7.31. The van der Waals surface area contributed by atoms with E-state index in [-0.39, 0.29) is 47.2 Å². The van der Waals surface area contributed by atoms with Gasteiger partial charge in [0.15, 0.2) is 0 Å². The van der Waals surface area contributed by atoms with E-state index in [1.807, 2.05) is 49.8 Å². The van der Waals surface area contributed by atoms with E-state index < -0.39 is 24.6 Å². The number of carbonyl (C=O) groups excluding carboxylic acids is 3. The van der Waals surface area contributed by atoms with Crippen LogP contribution in [0.15, 0.2) is 72.9 Å². The number of amides is 3. The second kappa shape index (κ2) is 16.6. The van der Waals surface area contributed by atoms with Crippen LogP contribution in [0.4, 0.5) is 4.79 Å². The van der Waals surface area contributed by atoms with E-state index in [1.54, 1.807) is 0 Å². The number of ether oxygens (including phenoxy) is 2. The summed E-state index contributed by atoms with van der Waals surface area (Å²) in [5.74, 6) is 1.61. The molecule has 2 saturated heterocycles. The Balaban J connectivity index is 0.887. The van der Waals surface area contributed by atoms with Crippen LogP contribution in [0.1, 0.15) is 90.0 Å². The maximum Gasteiger partial charge on any atom is 0.407 e. The first-order valence-corrected chi connectivity index (χ1v) is 22.0. The van der Waals surface area contributed by atoms with Crippen LogP contribution in [-0.2, 0) is 19.1 Å². The number of imidazole rings is 2. The highest BCUT2D eigenvalue weighted by molar-refractivity contribution is 5.88. The van der Waals surface area contributed by atoms with Crippen LogP contribution in [0.25, 0.3) is 44.5 Å². The van der Waals surface area contributed by atoms with E-state index in [0.717, 1.165) is 94.7 Å². The molecule has 2 aromatic heterocycles. The number of piperidine rings is 1. The molecule has 326 valence electrons. The molecule has 62 heavy (non-hydrogen) atoms. The molecule has 9 rings (SSSR count). The number of nitrogens with one attached hydrogen (secondary N) is 4. The summed E-state index contributed by atoms with van der Waals surface area (Å²) in [4.78, 5) is 61.0. The number of alkyl carbamates (subject to hydrolysis) is 1. The summed E-state index contributed by atoms with van der Waals surface area (Å²) in [6.07, 6.45) is 6.04. The van der Waals surface area contributed by atoms with Crippen molar-refractivity contribution in [1.29, 1.82) is 0 Å². The first-order valence-electron chi connectivity index (χ1n) is 22.0. The highest BCUT2D eigenvalue weighted by Gasteiger charge is 2.55. The number of rotatable bonds is 13. The molecule has 4 fully saturated rings. The van der Waals surface area contributed by atoms with Gasteiger partial charge in [-0.25, -0.2) is 14.8 Å². The fourth-order valence-corrected chi connectivity index (χ4v) is 10.2. The highest BCUT2D eigenvalue weighted by atomic mass is 16.6. The number of aliphatic hydroxyl groups is 1. The molecule has 5 N–H and O–H groups in total. The van der Waals surface area contributed by atoms with Gasteiger partial charge in [-0.3, -0.25) is 14.9 Å². The number of nitrogens with zero attached hydrogens (tertiary/aromatic N) is 4. The summed E-state index contributed by atoms with van der Waals surface area (Å²) in [6.45, 7) is 8.49. The van der Waals surface area contributed by atoms with Crippen LogP contribution in [0.2, 0.25) is 0 Å². The van der Waals surface area contributed by atoms with Crippen LogP contribution in [0.5, 0.6) is 0 Å². The number of carbonyl (C=O) groups is 3. The van der Waals surface area contributed by atoms with E-state index in [4.69, 9.17) is 19.4 Å². The van der Waals surface area contributed by atoms with Crippen molar-refractivity contribution in [3.63, 3.8) is 0 Å². The lowest BCUT2D eigenvalue weighted by Gasteiger charge is -2.37. The first-order chi connectivity index (χ1) is 29.8. The van der Waals surface area contributed by atoms with Gasteiger partial charge in [-0.1, -0.05) is 82.3 Å². The van der Waals surface area contributed by atoms with E-state index in [1.165, 1.54) is 14.2 Å². The Morgan fingerprint density at radius 3 is 2.10 bits per heavy atom. The maximum absolute atomic E-state index is 14.0. The summed E-state index contributed by atoms with van der Waals surface area (Å²) >= 11 is 0. The van der Waals surface area contributed by atoms with E-state index in [2.05, 4.69) is 81.3 Å². The molecule has 3 amide bonds. The third kappa shape index (κ3) is 7.88. The van der Waals surface area contributed by atoms with Crippen molar-refractivity contribution in [2.75, 3.05) is 20.8 Å². The molecule has 4 heterocycles. The fraction of sp³-hybridized carbons (Fsp3) is 0.479. The number of methoxy groups -OCH3 is 2. The van der Waals surface area contributed by atoms with Gasteiger partial charge < -0.3 is 39.7 Å². The average molecular weight is 843 g/mol.